The SMILES string of the molecule is Br.NC(N)=NCc1cnc(-c2ccc(Cl)cc2)s1. The zero-order valence-electron chi connectivity index (χ0n) is 9.34. The van der Waals surface area contributed by atoms with E-state index in [0.29, 0.717) is 11.6 Å². The molecular formula is C11H12BrClN4S. The first-order valence-corrected chi connectivity index (χ1v) is 6.10. The van der Waals surface area contributed by atoms with Crippen molar-refractivity contribution in [1.29, 1.82) is 0 Å². The first-order valence-electron chi connectivity index (χ1n) is 4.91. The summed E-state index contributed by atoms with van der Waals surface area (Å²) in [5.41, 5.74) is 11.6. The molecule has 1 aromatic carbocycles. The van der Waals surface area contributed by atoms with E-state index in [9.17, 15) is 0 Å². The predicted molar refractivity (Wildman–Crippen MR) is 82.4 cm³/mol. The van der Waals surface area contributed by atoms with Crippen LogP contribution >= 0.6 is 39.9 Å². The number of guanidine groups is 1. The van der Waals surface area contributed by atoms with Gasteiger partial charge in [0, 0.05) is 21.7 Å². The van der Waals surface area contributed by atoms with E-state index in [1.165, 1.54) is 0 Å². The minimum Gasteiger partial charge on any atom is -0.370 e. The Morgan fingerprint density at radius 2 is 1.94 bits per heavy atom. The third-order valence-corrected chi connectivity index (χ3v) is 3.35. The molecule has 0 aliphatic heterocycles. The van der Waals surface area contributed by atoms with E-state index in [1.54, 1.807) is 17.5 Å². The Hall–Kier alpha value is -1.11. The Bertz CT molecular complexity index is 534. The van der Waals surface area contributed by atoms with Gasteiger partial charge in [-0.3, -0.25) is 0 Å². The molecule has 0 saturated carbocycles. The highest BCUT2D eigenvalue weighted by atomic mass is 79.9. The first-order chi connectivity index (χ1) is 8.15. The summed E-state index contributed by atoms with van der Waals surface area (Å²) < 4.78 is 0. The van der Waals surface area contributed by atoms with Crippen LogP contribution in [-0.2, 0) is 6.54 Å². The lowest BCUT2D eigenvalue weighted by Crippen LogP contribution is -2.22. The van der Waals surface area contributed by atoms with Crippen LogP contribution in [0.1, 0.15) is 4.88 Å². The van der Waals surface area contributed by atoms with Gasteiger partial charge in [0.1, 0.15) is 5.01 Å². The summed E-state index contributed by atoms with van der Waals surface area (Å²) in [5, 5.41) is 1.65. The summed E-state index contributed by atoms with van der Waals surface area (Å²) in [5.74, 6) is 0.0893. The molecular weight excluding hydrogens is 336 g/mol. The summed E-state index contributed by atoms with van der Waals surface area (Å²) in [7, 11) is 0. The molecule has 0 unspecified atom stereocenters. The number of aliphatic imine (C=N–C) groups is 1. The molecule has 0 fully saturated rings. The molecule has 0 amide bonds. The Labute approximate surface area is 124 Å². The molecule has 0 radical (unpaired) electrons. The van der Waals surface area contributed by atoms with E-state index in [2.05, 4.69) is 9.98 Å². The molecule has 96 valence electrons. The Kier molecular flexibility index (Phi) is 5.58. The fraction of sp³-hybridized carbons (Fsp3) is 0.0909. The minimum atomic E-state index is 0. The Morgan fingerprint density at radius 1 is 1.28 bits per heavy atom. The molecule has 2 aromatic rings. The lowest BCUT2D eigenvalue weighted by molar-refractivity contribution is 1.08. The molecule has 4 nitrogen and oxygen atoms in total. The summed E-state index contributed by atoms with van der Waals surface area (Å²) in [6.45, 7) is 0.466. The average molecular weight is 348 g/mol. The molecule has 0 saturated heterocycles. The van der Waals surface area contributed by atoms with Crippen molar-refractivity contribution in [3.63, 3.8) is 0 Å². The molecule has 2 rings (SSSR count). The van der Waals surface area contributed by atoms with Gasteiger partial charge in [-0.2, -0.15) is 0 Å². The molecule has 0 atom stereocenters. The zero-order valence-corrected chi connectivity index (χ0v) is 12.6. The van der Waals surface area contributed by atoms with E-state index in [4.69, 9.17) is 23.1 Å². The molecule has 0 aliphatic carbocycles. The fourth-order valence-corrected chi connectivity index (χ4v) is 2.24. The van der Waals surface area contributed by atoms with Gasteiger partial charge < -0.3 is 11.5 Å². The van der Waals surface area contributed by atoms with Gasteiger partial charge in [-0.05, 0) is 12.1 Å². The summed E-state index contributed by atoms with van der Waals surface area (Å²) in [6, 6.07) is 7.55. The third kappa shape index (κ3) is 3.97. The van der Waals surface area contributed by atoms with Gasteiger partial charge >= 0.3 is 0 Å². The third-order valence-electron chi connectivity index (χ3n) is 2.06. The minimum absolute atomic E-state index is 0. The highest BCUT2D eigenvalue weighted by Gasteiger charge is 2.04. The van der Waals surface area contributed by atoms with Gasteiger partial charge in [0.25, 0.3) is 0 Å². The van der Waals surface area contributed by atoms with Gasteiger partial charge in [0.05, 0.1) is 6.54 Å². The summed E-state index contributed by atoms with van der Waals surface area (Å²) in [4.78, 5) is 9.27. The van der Waals surface area contributed by atoms with Gasteiger partial charge in [-0.1, -0.05) is 23.7 Å². The van der Waals surface area contributed by atoms with E-state index < -0.39 is 0 Å². The van der Waals surface area contributed by atoms with E-state index in [1.807, 2.05) is 24.3 Å². The second-order valence-electron chi connectivity index (χ2n) is 3.38. The standard InChI is InChI=1S/C11H11ClN4S.BrH/c12-8-3-1-7(2-4-8)10-15-5-9(17-10)6-16-11(13)14;/h1-5H,6H2,(H4,13,14,16);1H. The number of halogens is 2. The van der Waals surface area contributed by atoms with E-state index in [0.717, 1.165) is 15.4 Å². The van der Waals surface area contributed by atoms with Crippen LogP contribution in [-0.4, -0.2) is 10.9 Å². The van der Waals surface area contributed by atoms with Crippen LogP contribution in [0.5, 0.6) is 0 Å². The van der Waals surface area contributed by atoms with Crippen molar-refractivity contribution in [2.75, 3.05) is 0 Å². The number of nitrogens with two attached hydrogens (primary N) is 2. The van der Waals surface area contributed by atoms with Crippen molar-refractivity contribution in [2.24, 2.45) is 16.5 Å². The van der Waals surface area contributed by atoms with Gasteiger partial charge in [0.2, 0.25) is 0 Å². The predicted octanol–water partition coefficient (Wildman–Crippen LogP) is 2.81. The quantitative estimate of drug-likeness (QED) is 0.662. The van der Waals surface area contributed by atoms with Crippen LogP contribution in [0.3, 0.4) is 0 Å². The Morgan fingerprint density at radius 3 is 2.56 bits per heavy atom. The molecule has 18 heavy (non-hydrogen) atoms. The van der Waals surface area contributed by atoms with Gasteiger partial charge in [0.15, 0.2) is 5.96 Å². The normalized spacial score (nSPS) is 9.61. The lowest BCUT2D eigenvalue weighted by Gasteiger charge is -1.95. The summed E-state index contributed by atoms with van der Waals surface area (Å²) in [6.07, 6.45) is 1.78. The number of aromatic nitrogens is 1. The zero-order chi connectivity index (χ0) is 12.3. The van der Waals surface area contributed by atoms with Crippen molar-refractivity contribution in [3.05, 3.63) is 40.4 Å². The molecule has 1 heterocycles. The largest absolute Gasteiger partial charge is 0.370 e. The van der Waals surface area contributed by atoms with Crippen molar-refractivity contribution in [2.45, 2.75) is 6.54 Å². The highest BCUT2D eigenvalue weighted by molar-refractivity contribution is 8.93. The fourth-order valence-electron chi connectivity index (χ4n) is 1.28. The van der Waals surface area contributed by atoms with Crippen molar-refractivity contribution < 1.29 is 0 Å². The topological polar surface area (TPSA) is 77.3 Å². The number of hydrogen-bond donors (Lipinski definition) is 2. The lowest BCUT2D eigenvalue weighted by atomic mass is 10.2. The summed E-state index contributed by atoms with van der Waals surface area (Å²) >= 11 is 7.39. The Balaban J connectivity index is 0.00000162. The van der Waals surface area contributed by atoms with Crippen molar-refractivity contribution in [1.82, 2.24) is 4.98 Å². The van der Waals surface area contributed by atoms with Crippen LogP contribution < -0.4 is 11.5 Å². The maximum absolute atomic E-state index is 5.83. The number of nitrogens with zero attached hydrogens (tertiary/aromatic N) is 2. The molecule has 0 bridgehead atoms. The van der Waals surface area contributed by atoms with Crippen LogP contribution in [0.25, 0.3) is 10.6 Å². The molecule has 0 spiro atoms. The smallest absolute Gasteiger partial charge is 0.186 e. The molecule has 7 heteroatoms. The van der Waals surface area contributed by atoms with E-state index >= 15 is 0 Å². The van der Waals surface area contributed by atoms with Crippen LogP contribution in [0.2, 0.25) is 5.02 Å². The number of thiazole rings is 1. The van der Waals surface area contributed by atoms with Crippen molar-refractivity contribution >= 4 is 45.9 Å². The molecule has 0 aliphatic rings. The van der Waals surface area contributed by atoms with Gasteiger partial charge in [-0.25, -0.2) is 9.98 Å². The maximum Gasteiger partial charge on any atom is 0.186 e. The van der Waals surface area contributed by atoms with Crippen LogP contribution in [0.4, 0.5) is 0 Å². The second kappa shape index (κ2) is 6.72. The maximum atomic E-state index is 5.83. The van der Waals surface area contributed by atoms with E-state index in [-0.39, 0.29) is 22.9 Å². The second-order valence-corrected chi connectivity index (χ2v) is 4.93. The first kappa shape index (κ1) is 14.9. The average Bonchev–Trinajstić information content (AvgIpc) is 2.76. The van der Waals surface area contributed by atoms with Crippen LogP contribution in [0, 0.1) is 0 Å². The van der Waals surface area contributed by atoms with Crippen LogP contribution in [0.15, 0.2) is 35.5 Å². The molecule has 1 aromatic heterocycles. The van der Waals surface area contributed by atoms with Gasteiger partial charge in [-0.15, -0.1) is 28.3 Å². The molecule has 4 N–H and O–H groups in total. The number of rotatable bonds is 3. The number of benzene rings is 1. The van der Waals surface area contributed by atoms with Crippen molar-refractivity contribution in [3.8, 4) is 10.6 Å². The monoisotopic (exact) mass is 346 g/mol. The number of hydrogen-bond acceptors (Lipinski definition) is 3. The highest BCUT2D eigenvalue weighted by Crippen LogP contribution is 2.26.